The first-order valence-electron chi connectivity index (χ1n) is 8.16. The number of carbonyl (C=O) groups excluding carboxylic acids is 2. The summed E-state index contributed by atoms with van der Waals surface area (Å²) < 4.78 is 0. The summed E-state index contributed by atoms with van der Waals surface area (Å²) in [6.07, 6.45) is 7.36. The Morgan fingerprint density at radius 2 is 1.90 bits per heavy atom. The molecule has 1 aliphatic carbocycles. The summed E-state index contributed by atoms with van der Waals surface area (Å²) in [6.45, 7) is 6.74. The summed E-state index contributed by atoms with van der Waals surface area (Å²) in [7, 11) is 0. The summed E-state index contributed by atoms with van der Waals surface area (Å²) >= 11 is 0. The first kappa shape index (κ1) is 15.3. The lowest BCUT2D eigenvalue weighted by atomic mass is 9.90. The van der Waals surface area contributed by atoms with Gasteiger partial charge in [0.05, 0.1) is 0 Å². The van der Waals surface area contributed by atoms with Crippen LogP contribution >= 0.6 is 0 Å². The molecular formula is C16H28N2O2. The van der Waals surface area contributed by atoms with Crippen LogP contribution in [-0.2, 0) is 9.59 Å². The van der Waals surface area contributed by atoms with Crippen LogP contribution in [0.3, 0.4) is 0 Å². The van der Waals surface area contributed by atoms with Gasteiger partial charge >= 0.3 is 0 Å². The Labute approximate surface area is 122 Å². The lowest BCUT2D eigenvalue weighted by molar-refractivity contribution is -0.155. The average Bonchev–Trinajstić information content (AvgIpc) is 3.24. The van der Waals surface area contributed by atoms with Gasteiger partial charge in [0.15, 0.2) is 0 Å². The molecule has 2 unspecified atom stereocenters. The number of rotatable bonds is 7. The van der Waals surface area contributed by atoms with Crippen molar-refractivity contribution in [3.8, 4) is 0 Å². The third-order valence-electron chi connectivity index (χ3n) is 4.76. The van der Waals surface area contributed by atoms with Crippen molar-refractivity contribution in [2.24, 2.45) is 5.92 Å². The van der Waals surface area contributed by atoms with Crippen LogP contribution in [0, 0.1) is 5.92 Å². The quantitative estimate of drug-likeness (QED) is 0.728. The molecule has 1 saturated carbocycles. The maximum atomic E-state index is 12.7. The Morgan fingerprint density at radius 3 is 2.45 bits per heavy atom. The first-order chi connectivity index (χ1) is 9.53. The van der Waals surface area contributed by atoms with Crippen LogP contribution in [0.1, 0.15) is 65.7 Å². The van der Waals surface area contributed by atoms with E-state index in [2.05, 4.69) is 12.2 Å². The van der Waals surface area contributed by atoms with Crippen LogP contribution in [0.15, 0.2) is 0 Å². The second-order valence-electron chi connectivity index (χ2n) is 6.52. The maximum Gasteiger partial charge on any atom is 0.248 e. The van der Waals surface area contributed by atoms with E-state index in [0.717, 1.165) is 32.2 Å². The fourth-order valence-corrected chi connectivity index (χ4v) is 3.05. The van der Waals surface area contributed by atoms with Crippen molar-refractivity contribution in [2.45, 2.75) is 77.3 Å². The summed E-state index contributed by atoms with van der Waals surface area (Å²) in [6, 6.07) is -0.205. The van der Waals surface area contributed by atoms with E-state index in [-0.39, 0.29) is 17.9 Å². The molecule has 1 saturated heterocycles. The molecule has 114 valence electrons. The van der Waals surface area contributed by atoms with E-state index in [0.29, 0.717) is 12.3 Å². The molecule has 1 aliphatic heterocycles. The van der Waals surface area contributed by atoms with Gasteiger partial charge in [0.1, 0.15) is 11.6 Å². The lowest BCUT2D eigenvalue weighted by Gasteiger charge is -2.44. The molecule has 2 amide bonds. The van der Waals surface area contributed by atoms with Gasteiger partial charge in [-0.05, 0) is 38.5 Å². The van der Waals surface area contributed by atoms with Crippen molar-refractivity contribution in [1.29, 1.82) is 0 Å². The highest BCUT2D eigenvalue weighted by molar-refractivity contribution is 5.99. The maximum absolute atomic E-state index is 12.7. The third kappa shape index (κ3) is 2.99. The van der Waals surface area contributed by atoms with Crippen LogP contribution in [0.4, 0.5) is 0 Å². The molecule has 2 aliphatic rings. The average molecular weight is 280 g/mol. The molecule has 0 aromatic heterocycles. The molecule has 1 heterocycles. The molecule has 2 atom stereocenters. The zero-order valence-electron chi connectivity index (χ0n) is 13.1. The van der Waals surface area contributed by atoms with Gasteiger partial charge in [-0.2, -0.15) is 0 Å². The van der Waals surface area contributed by atoms with Gasteiger partial charge in [0, 0.05) is 6.54 Å². The zero-order chi connectivity index (χ0) is 14.8. The molecule has 0 aromatic rings. The van der Waals surface area contributed by atoms with E-state index in [1.165, 1.54) is 12.8 Å². The number of nitrogens with zero attached hydrogens (tertiary/aromatic N) is 1. The highest BCUT2D eigenvalue weighted by atomic mass is 16.2. The molecular weight excluding hydrogens is 252 g/mol. The minimum absolute atomic E-state index is 0.0620. The number of hydrogen-bond donors (Lipinski definition) is 1. The predicted molar refractivity (Wildman–Crippen MR) is 79.2 cm³/mol. The van der Waals surface area contributed by atoms with Crippen molar-refractivity contribution in [2.75, 3.05) is 6.54 Å². The molecule has 1 N–H and O–H groups in total. The van der Waals surface area contributed by atoms with Crippen molar-refractivity contribution in [1.82, 2.24) is 10.2 Å². The van der Waals surface area contributed by atoms with Gasteiger partial charge in [-0.1, -0.05) is 33.1 Å². The van der Waals surface area contributed by atoms with Gasteiger partial charge < -0.3 is 10.2 Å². The largest absolute Gasteiger partial charge is 0.340 e. The van der Waals surface area contributed by atoms with Crippen molar-refractivity contribution in [3.05, 3.63) is 0 Å². The van der Waals surface area contributed by atoms with E-state index in [9.17, 15) is 9.59 Å². The van der Waals surface area contributed by atoms with E-state index in [1.807, 2.05) is 18.7 Å². The van der Waals surface area contributed by atoms with Crippen LogP contribution < -0.4 is 5.32 Å². The number of nitrogens with one attached hydrogen (secondary N) is 1. The molecule has 4 nitrogen and oxygen atoms in total. The summed E-state index contributed by atoms with van der Waals surface area (Å²) in [5.74, 6) is 0.575. The minimum atomic E-state index is -0.701. The van der Waals surface area contributed by atoms with Crippen molar-refractivity contribution >= 4 is 11.8 Å². The molecule has 2 rings (SSSR count). The standard InChI is InChI=1S/C16H28N2O2/c1-4-6-7-8-11-18-13(12-9-10-12)14(19)17-16(3,5-2)15(18)20/h12-13H,4-11H2,1-3H3,(H,17,19). The minimum Gasteiger partial charge on any atom is -0.340 e. The molecule has 0 bridgehead atoms. The third-order valence-corrected chi connectivity index (χ3v) is 4.76. The van der Waals surface area contributed by atoms with E-state index in [1.54, 1.807) is 0 Å². The Morgan fingerprint density at radius 1 is 1.20 bits per heavy atom. The van der Waals surface area contributed by atoms with Crippen molar-refractivity contribution < 1.29 is 9.59 Å². The highest BCUT2D eigenvalue weighted by Gasteiger charge is 2.51. The fourth-order valence-electron chi connectivity index (χ4n) is 3.05. The molecule has 0 radical (unpaired) electrons. The fraction of sp³-hybridized carbons (Fsp3) is 0.875. The Kier molecular flexibility index (Phi) is 4.71. The van der Waals surface area contributed by atoms with Crippen LogP contribution in [0.2, 0.25) is 0 Å². The Balaban J connectivity index is 2.07. The number of hydrogen-bond acceptors (Lipinski definition) is 2. The topological polar surface area (TPSA) is 49.4 Å². The molecule has 0 aromatic carbocycles. The molecule has 4 heteroatoms. The zero-order valence-corrected chi connectivity index (χ0v) is 13.1. The van der Waals surface area contributed by atoms with E-state index in [4.69, 9.17) is 0 Å². The number of carbonyl (C=O) groups is 2. The summed E-state index contributed by atoms with van der Waals surface area (Å²) in [5, 5.41) is 2.97. The molecule has 0 spiro atoms. The lowest BCUT2D eigenvalue weighted by Crippen LogP contribution is -2.69. The second kappa shape index (κ2) is 6.15. The van der Waals surface area contributed by atoms with Gasteiger partial charge in [0.25, 0.3) is 0 Å². The van der Waals surface area contributed by atoms with E-state index < -0.39 is 5.54 Å². The number of amides is 2. The normalized spacial score (nSPS) is 30.6. The van der Waals surface area contributed by atoms with Crippen LogP contribution in [0.25, 0.3) is 0 Å². The van der Waals surface area contributed by atoms with Gasteiger partial charge in [-0.25, -0.2) is 0 Å². The van der Waals surface area contributed by atoms with Crippen LogP contribution in [0.5, 0.6) is 0 Å². The monoisotopic (exact) mass is 280 g/mol. The Bertz CT molecular complexity index is 379. The summed E-state index contributed by atoms with van der Waals surface area (Å²) in [5.41, 5.74) is -0.701. The Hall–Kier alpha value is -1.06. The van der Waals surface area contributed by atoms with Crippen molar-refractivity contribution in [3.63, 3.8) is 0 Å². The van der Waals surface area contributed by atoms with Gasteiger partial charge in [-0.15, -0.1) is 0 Å². The highest BCUT2D eigenvalue weighted by Crippen LogP contribution is 2.38. The van der Waals surface area contributed by atoms with Crippen LogP contribution in [-0.4, -0.2) is 34.8 Å². The van der Waals surface area contributed by atoms with Gasteiger partial charge in [-0.3, -0.25) is 9.59 Å². The number of unbranched alkanes of at least 4 members (excludes halogenated alkanes) is 3. The smallest absolute Gasteiger partial charge is 0.248 e. The summed E-state index contributed by atoms with van der Waals surface area (Å²) in [4.78, 5) is 27.0. The van der Waals surface area contributed by atoms with Gasteiger partial charge in [0.2, 0.25) is 11.8 Å². The predicted octanol–water partition coefficient (Wildman–Crippen LogP) is 2.47. The number of piperazine rings is 1. The molecule has 2 fully saturated rings. The van der Waals surface area contributed by atoms with E-state index >= 15 is 0 Å². The first-order valence-corrected chi connectivity index (χ1v) is 8.16. The SMILES string of the molecule is CCCCCCN1C(=O)C(C)(CC)NC(=O)C1C1CC1. The second-order valence-corrected chi connectivity index (χ2v) is 6.52. The molecule has 20 heavy (non-hydrogen) atoms.